The van der Waals surface area contributed by atoms with Crippen molar-refractivity contribution in [1.82, 2.24) is 5.32 Å². The molecule has 0 aliphatic carbocycles. The molecule has 112 valence electrons. The van der Waals surface area contributed by atoms with Crippen molar-refractivity contribution in [1.29, 1.82) is 0 Å². The van der Waals surface area contributed by atoms with Gasteiger partial charge in [-0.2, -0.15) is 0 Å². The monoisotopic (exact) mass is 287 g/mol. The molecule has 2 aromatic carbocycles. The first-order valence-corrected chi connectivity index (χ1v) is 7.83. The summed E-state index contributed by atoms with van der Waals surface area (Å²) in [7, 11) is 0. The van der Waals surface area contributed by atoms with Crippen molar-refractivity contribution < 1.29 is 9.13 Å². The van der Waals surface area contributed by atoms with Crippen molar-refractivity contribution in [2.24, 2.45) is 0 Å². The van der Waals surface area contributed by atoms with Crippen LogP contribution in [0, 0.1) is 5.82 Å². The van der Waals surface area contributed by atoms with Crippen LogP contribution in [0.4, 0.5) is 4.39 Å². The Hall–Kier alpha value is -1.45. The van der Waals surface area contributed by atoms with Gasteiger partial charge in [0.25, 0.3) is 0 Å². The van der Waals surface area contributed by atoms with E-state index in [4.69, 9.17) is 4.74 Å². The van der Waals surface area contributed by atoms with Gasteiger partial charge in [-0.25, -0.2) is 4.39 Å². The van der Waals surface area contributed by atoms with Gasteiger partial charge >= 0.3 is 0 Å². The Morgan fingerprint density at radius 3 is 2.76 bits per heavy atom. The number of hydrogen-bond acceptors (Lipinski definition) is 2. The highest BCUT2D eigenvalue weighted by Gasteiger charge is 2.28. The zero-order valence-corrected chi connectivity index (χ0v) is 12.4. The molecule has 21 heavy (non-hydrogen) atoms. The molecule has 0 aromatic heterocycles. The minimum atomic E-state index is -0.157. The Labute approximate surface area is 125 Å². The third-order valence-electron chi connectivity index (χ3n) is 4.19. The van der Waals surface area contributed by atoms with Crippen LogP contribution in [0.2, 0.25) is 0 Å². The molecule has 0 spiro atoms. The SMILES string of the molecule is CCCNC(c1ccc(F)c2ccccc12)C1CCCO1. The average Bonchev–Trinajstić information content (AvgIpc) is 3.04. The zero-order chi connectivity index (χ0) is 14.7. The molecule has 2 aromatic rings. The van der Waals surface area contributed by atoms with Crippen molar-refractivity contribution in [2.45, 2.75) is 38.3 Å². The van der Waals surface area contributed by atoms with Crippen LogP contribution < -0.4 is 5.32 Å². The molecule has 2 unspecified atom stereocenters. The fraction of sp³-hybridized carbons (Fsp3) is 0.444. The summed E-state index contributed by atoms with van der Waals surface area (Å²) in [6, 6.07) is 11.3. The van der Waals surface area contributed by atoms with E-state index < -0.39 is 0 Å². The van der Waals surface area contributed by atoms with Crippen molar-refractivity contribution >= 4 is 10.8 Å². The predicted octanol–water partition coefficient (Wildman–Crippen LogP) is 4.20. The first-order valence-electron chi connectivity index (χ1n) is 7.83. The number of rotatable bonds is 5. The van der Waals surface area contributed by atoms with Crippen molar-refractivity contribution in [3.63, 3.8) is 0 Å². The molecule has 1 heterocycles. The van der Waals surface area contributed by atoms with Gasteiger partial charge in [-0.05, 0) is 42.8 Å². The number of hydrogen-bond donors (Lipinski definition) is 1. The maximum Gasteiger partial charge on any atom is 0.131 e. The van der Waals surface area contributed by atoms with Crippen LogP contribution in [0.5, 0.6) is 0 Å². The minimum absolute atomic E-state index is 0.137. The number of benzene rings is 2. The lowest BCUT2D eigenvalue weighted by molar-refractivity contribution is 0.0787. The van der Waals surface area contributed by atoms with E-state index in [1.807, 2.05) is 30.3 Å². The topological polar surface area (TPSA) is 21.3 Å². The van der Waals surface area contributed by atoms with Gasteiger partial charge in [0, 0.05) is 12.0 Å². The van der Waals surface area contributed by atoms with Crippen LogP contribution in [-0.2, 0) is 4.74 Å². The van der Waals surface area contributed by atoms with Crippen LogP contribution in [0.25, 0.3) is 10.8 Å². The van der Waals surface area contributed by atoms with Crippen LogP contribution in [0.3, 0.4) is 0 Å². The number of fused-ring (bicyclic) bond motifs is 1. The summed E-state index contributed by atoms with van der Waals surface area (Å²) < 4.78 is 19.9. The molecule has 2 nitrogen and oxygen atoms in total. The van der Waals surface area contributed by atoms with Crippen LogP contribution >= 0.6 is 0 Å². The molecule has 1 fully saturated rings. The zero-order valence-electron chi connectivity index (χ0n) is 12.4. The van der Waals surface area contributed by atoms with Gasteiger partial charge in [0.05, 0.1) is 12.1 Å². The average molecular weight is 287 g/mol. The van der Waals surface area contributed by atoms with Gasteiger partial charge < -0.3 is 10.1 Å². The first kappa shape index (κ1) is 14.5. The second-order valence-electron chi connectivity index (χ2n) is 5.67. The lowest BCUT2D eigenvalue weighted by Crippen LogP contribution is -2.32. The maximum absolute atomic E-state index is 14.0. The van der Waals surface area contributed by atoms with Crippen LogP contribution in [-0.4, -0.2) is 19.3 Å². The van der Waals surface area contributed by atoms with Gasteiger partial charge in [0.2, 0.25) is 0 Å². The fourth-order valence-electron chi connectivity index (χ4n) is 3.16. The van der Waals surface area contributed by atoms with Crippen molar-refractivity contribution in [3.05, 3.63) is 47.8 Å². The molecule has 0 amide bonds. The largest absolute Gasteiger partial charge is 0.376 e. The predicted molar refractivity (Wildman–Crippen MR) is 83.9 cm³/mol. The first-order chi connectivity index (χ1) is 10.3. The molecule has 1 saturated heterocycles. The lowest BCUT2D eigenvalue weighted by atomic mass is 9.93. The van der Waals surface area contributed by atoms with Crippen LogP contribution in [0.1, 0.15) is 37.8 Å². The van der Waals surface area contributed by atoms with Gasteiger partial charge in [-0.15, -0.1) is 0 Å². The summed E-state index contributed by atoms with van der Waals surface area (Å²) in [4.78, 5) is 0. The van der Waals surface area contributed by atoms with E-state index in [1.54, 1.807) is 6.07 Å². The Kier molecular flexibility index (Phi) is 4.51. The van der Waals surface area contributed by atoms with E-state index in [-0.39, 0.29) is 18.0 Å². The Bertz CT molecular complexity index is 607. The summed E-state index contributed by atoms with van der Waals surface area (Å²) in [6.07, 6.45) is 3.43. The molecule has 0 bridgehead atoms. The molecule has 1 aliphatic heterocycles. The summed E-state index contributed by atoms with van der Waals surface area (Å²) in [5.41, 5.74) is 1.15. The fourth-order valence-corrected chi connectivity index (χ4v) is 3.16. The summed E-state index contributed by atoms with van der Waals surface area (Å²) in [6.45, 7) is 3.92. The third kappa shape index (κ3) is 2.94. The van der Waals surface area contributed by atoms with Crippen molar-refractivity contribution in [3.8, 4) is 0 Å². The quantitative estimate of drug-likeness (QED) is 0.890. The Balaban J connectivity index is 2.03. The van der Waals surface area contributed by atoms with E-state index in [0.29, 0.717) is 5.39 Å². The molecule has 0 saturated carbocycles. The van der Waals surface area contributed by atoms with Gasteiger partial charge in [-0.1, -0.05) is 37.3 Å². The van der Waals surface area contributed by atoms with Crippen LogP contribution in [0.15, 0.2) is 36.4 Å². The second kappa shape index (κ2) is 6.54. The highest BCUT2D eigenvalue weighted by Crippen LogP contribution is 2.32. The molecule has 3 rings (SSSR count). The Morgan fingerprint density at radius 1 is 1.24 bits per heavy atom. The number of halogens is 1. The highest BCUT2D eigenvalue weighted by atomic mass is 19.1. The smallest absolute Gasteiger partial charge is 0.131 e. The minimum Gasteiger partial charge on any atom is -0.376 e. The molecule has 3 heteroatoms. The van der Waals surface area contributed by atoms with Gasteiger partial charge in [-0.3, -0.25) is 0 Å². The summed E-state index contributed by atoms with van der Waals surface area (Å²) in [5.74, 6) is -0.157. The Morgan fingerprint density at radius 2 is 2.05 bits per heavy atom. The van der Waals surface area contributed by atoms with E-state index in [9.17, 15) is 4.39 Å². The van der Waals surface area contributed by atoms with Gasteiger partial charge in [0.1, 0.15) is 5.82 Å². The number of ether oxygens (including phenoxy) is 1. The summed E-state index contributed by atoms with van der Waals surface area (Å²) in [5, 5.41) is 5.27. The standard InChI is InChI=1S/C18H22FNO/c1-2-11-20-18(17-8-5-12-21-17)15-9-10-16(19)14-7-4-3-6-13(14)15/h3-4,6-7,9-10,17-18,20H,2,5,8,11-12H2,1H3. The summed E-state index contributed by atoms with van der Waals surface area (Å²) >= 11 is 0. The molecule has 0 radical (unpaired) electrons. The highest BCUT2D eigenvalue weighted by molar-refractivity contribution is 5.86. The maximum atomic E-state index is 14.0. The third-order valence-corrected chi connectivity index (χ3v) is 4.19. The number of nitrogens with one attached hydrogen (secondary N) is 1. The molecule has 2 atom stereocenters. The van der Waals surface area contributed by atoms with E-state index >= 15 is 0 Å². The molecular weight excluding hydrogens is 265 g/mol. The lowest BCUT2D eigenvalue weighted by Gasteiger charge is -2.26. The van der Waals surface area contributed by atoms with E-state index in [0.717, 1.165) is 43.4 Å². The van der Waals surface area contributed by atoms with E-state index in [2.05, 4.69) is 12.2 Å². The normalized spacial score (nSPS) is 20.0. The second-order valence-corrected chi connectivity index (χ2v) is 5.67. The molecular formula is C18H22FNO. The molecule has 1 aliphatic rings. The van der Waals surface area contributed by atoms with Gasteiger partial charge in [0.15, 0.2) is 0 Å². The molecule has 1 N–H and O–H groups in total. The van der Waals surface area contributed by atoms with Crippen molar-refractivity contribution in [2.75, 3.05) is 13.2 Å². The van der Waals surface area contributed by atoms with E-state index in [1.165, 1.54) is 0 Å².